The first-order valence-electron chi connectivity index (χ1n) is 9.84. The quantitative estimate of drug-likeness (QED) is 0.397. The smallest absolute Gasteiger partial charge is 0.339 e. The molecule has 9 heteroatoms. The van der Waals surface area contributed by atoms with Crippen molar-refractivity contribution in [1.29, 1.82) is 0 Å². The summed E-state index contributed by atoms with van der Waals surface area (Å²) in [7, 11) is 2.72. The first kappa shape index (κ1) is 24.2. The van der Waals surface area contributed by atoms with Crippen LogP contribution in [0.2, 0.25) is 5.02 Å². The van der Waals surface area contributed by atoms with Gasteiger partial charge in [-0.2, -0.15) is 0 Å². The number of rotatable bonds is 4. The molecule has 0 fully saturated rings. The van der Waals surface area contributed by atoms with E-state index in [1.165, 1.54) is 14.2 Å². The molecule has 7 nitrogen and oxygen atoms in total. The molecule has 0 spiro atoms. The number of fused-ring (bicyclic) bond motifs is 1. The van der Waals surface area contributed by atoms with E-state index >= 15 is 0 Å². The average molecular weight is 524 g/mol. The third kappa shape index (κ3) is 4.40. The fourth-order valence-electron chi connectivity index (χ4n) is 3.48. The zero-order valence-electron chi connectivity index (χ0n) is 18.6. The van der Waals surface area contributed by atoms with Gasteiger partial charge in [0.2, 0.25) is 0 Å². The van der Waals surface area contributed by atoms with Crippen LogP contribution in [-0.4, -0.2) is 28.2 Å². The minimum Gasteiger partial charge on any atom is -0.467 e. The third-order valence-corrected chi connectivity index (χ3v) is 6.13. The number of carbonyl (C=O) groups excluding carboxylic acids is 1. The van der Waals surface area contributed by atoms with Gasteiger partial charge < -0.3 is 19.0 Å². The van der Waals surface area contributed by atoms with E-state index in [0.717, 1.165) is 15.7 Å². The summed E-state index contributed by atoms with van der Waals surface area (Å²) in [6.45, 7) is 7.39. The van der Waals surface area contributed by atoms with E-state index in [0.29, 0.717) is 21.1 Å². The molecule has 0 aliphatic heterocycles. The highest BCUT2D eigenvalue weighted by atomic mass is 79.9. The van der Waals surface area contributed by atoms with Crippen molar-refractivity contribution in [1.82, 2.24) is 9.55 Å². The van der Waals surface area contributed by atoms with Crippen LogP contribution in [0.3, 0.4) is 0 Å². The van der Waals surface area contributed by atoms with Gasteiger partial charge in [-0.3, -0.25) is 9.59 Å². The van der Waals surface area contributed by atoms with Crippen LogP contribution in [0.5, 0.6) is 0 Å². The molecule has 3 aromatic rings. The number of ether oxygens (including phenoxy) is 2. The van der Waals surface area contributed by atoms with Gasteiger partial charge in [-0.25, -0.2) is 4.79 Å². The lowest BCUT2D eigenvalue weighted by molar-refractivity contribution is -0.164. The highest BCUT2D eigenvalue weighted by Gasteiger charge is 2.35. The molecule has 1 heterocycles. The minimum atomic E-state index is -1.19. The summed E-state index contributed by atoms with van der Waals surface area (Å²) in [6.07, 6.45) is -1.19. The number of esters is 1. The fourth-order valence-corrected chi connectivity index (χ4v) is 4.62. The molecule has 0 amide bonds. The third-order valence-electron chi connectivity index (χ3n) is 4.95. The lowest BCUT2D eigenvalue weighted by Gasteiger charge is -2.29. The summed E-state index contributed by atoms with van der Waals surface area (Å²) in [4.78, 5) is 40.1. The van der Waals surface area contributed by atoms with Gasteiger partial charge in [0.05, 0.1) is 33.2 Å². The Balaban J connectivity index is 2.56. The Labute approximate surface area is 198 Å². The summed E-state index contributed by atoms with van der Waals surface area (Å²) < 4.78 is 12.8. The number of carbonyl (C=O) groups is 1. The van der Waals surface area contributed by atoms with Crippen LogP contribution in [-0.2, 0) is 21.3 Å². The van der Waals surface area contributed by atoms with Gasteiger partial charge in [-0.05, 0) is 49.2 Å². The second-order valence-corrected chi connectivity index (χ2v) is 9.63. The molecule has 1 aromatic heterocycles. The van der Waals surface area contributed by atoms with Crippen molar-refractivity contribution in [2.75, 3.05) is 7.11 Å². The number of nitrogens with zero attached hydrogens (tertiary/aromatic N) is 1. The number of methoxy groups -OCH3 is 1. The number of aromatic amines is 1. The number of nitrogens with one attached hydrogen (secondary N) is 1. The van der Waals surface area contributed by atoms with Crippen LogP contribution in [0, 0.1) is 6.92 Å². The van der Waals surface area contributed by atoms with Gasteiger partial charge in [-0.1, -0.05) is 41.4 Å². The maximum Gasteiger partial charge on any atom is 0.339 e. The molecule has 0 radical (unpaired) electrons. The number of aryl methyl sites for hydroxylation is 2. The van der Waals surface area contributed by atoms with E-state index in [1.807, 2.05) is 52.0 Å². The van der Waals surface area contributed by atoms with Crippen LogP contribution in [0.15, 0.2) is 38.3 Å². The summed E-state index contributed by atoms with van der Waals surface area (Å²) in [5.74, 6) is -0.643. The maximum atomic E-state index is 12.9. The van der Waals surface area contributed by atoms with E-state index in [9.17, 15) is 14.4 Å². The predicted molar refractivity (Wildman–Crippen MR) is 128 cm³/mol. The van der Waals surface area contributed by atoms with Gasteiger partial charge in [0.15, 0.2) is 6.10 Å². The molecule has 32 heavy (non-hydrogen) atoms. The molecule has 0 aliphatic rings. The molecule has 1 unspecified atom stereocenters. The Morgan fingerprint density at radius 2 is 1.78 bits per heavy atom. The number of H-pyrrole nitrogens is 1. The Morgan fingerprint density at radius 3 is 2.31 bits per heavy atom. The van der Waals surface area contributed by atoms with Crippen LogP contribution in [0.4, 0.5) is 0 Å². The minimum absolute atomic E-state index is 0.106. The van der Waals surface area contributed by atoms with Crippen molar-refractivity contribution in [3.63, 3.8) is 0 Å². The molecular weight excluding hydrogens is 500 g/mol. The van der Waals surface area contributed by atoms with Gasteiger partial charge in [0, 0.05) is 18.2 Å². The van der Waals surface area contributed by atoms with Crippen molar-refractivity contribution < 1.29 is 14.3 Å². The zero-order valence-corrected chi connectivity index (χ0v) is 21.0. The molecular formula is C23H24BrClN2O5. The molecule has 0 aliphatic carbocycles. The lowest BCUT2D eigenvalue weighted by Crippen LogP contribution is -2.35. The fraction of sp³-hybridized carbons (Fsp3) is 0.348. The second-order valence-electron chi connectivity index (χ2n) is 8.46. The Kier molecular flexibility index (Phi) is 6.70. The molecule has 0 saturated heterocycles. The number of aromatic nitrogens is 2. The van der Waals surface area contributed by atoms with E-state index in [2.05, 4.69) is 20.9 Å². The lowest BCUT2D eigenvalue weighted by atomic mass is 9.93. The Bertz CT molecular complexity index is 1320. The molecule has 170 valence electrons. The van der Waals surface area contributed by atoms with Crippen LogP contribution in [0.1, 0.15) is 38.0 Å². The highest BCUT2D eigenvalue weighted by Crippen LogP contribution is 2.46. The monoisotopic (exact) mass is 522 g/mol. The van der Waals surface area contributed by atoms with Gasteiger partial charge in [0.1, 0.15) is 0 Å². The molecule has 3 rings (SSSR count). The molecule has 0 bridgehead atoms. The molecule has 0 saturated carbocycles. The molecule has 2 aromatic carbocycles. The SMILES string of the molecule is COC(=O)C(OC(C)(C)C)c1c(-c2ccc(C)cc2)c(Br)c2[nH]c(=O)c(=O)n(C)c2c1Cl. The van der Waals surface area contributed by atoms with E-state index in [4.69, 9.17) is 21.1 Å². The van der Waals surface area contributed by atoms with E-state index in [-0.39, 0.29) is 10.5 Å². The van der Waals surface area contributed by atoms with Crippen LogP contribution < -0.4 is 11.1 Å². The largest absolute Gasteiger partial charge is 0.467 e. The number of hydrogen-bond acceptors (Lipinski definition) is 5. The van der Waals surface area contributed by atoms with Crippen molar-refractivity contribution in [2.45, 2.75) is 39.4 Å². The van der Waals surface area contributed by atoms with E-state index in [1.54, 1.807) is 0 Å². The summed E-state index contributed by atoms with van der Waals surface area (Å²) in [5, 5.41) is 0.106. The highest BCUT2D eigenvalue weighted by molar-refractivity contribution is 9.10. The average Bonchev–Trinajstić information content (AvgIpc) is 2.72. The summed E-state index contributed by atoms with van der Waals surface area (Å²) >= 11 is 10.4. The molecule has 1 atom stereocenters. The molecule has 1 N–H and O–H groups in total. The zero-order chi connectivity index (χ0) is 24.0. The first-order valence-corrected chi connectivity index (χ1v) is 11.0. The number of halogens is 2. The predicted octanol–water partition coefficient (Wildman–Crippen LogP) is 4.65. The van der Waals surface area contributed by atoms with Crippen LogP contribution >= 0.6 is 27.5 Å². The van der Waals surface area contributed by atoms with Crippen molar-refractivity contribution in [3.8, 4) is 11.1 Å². The van der Waals surface area contributed by atoms with Gasteiger partial charge >= 0.3 is 17.1 Å². The van der Waals surface area contributed by atoms with Gasteiger partial charge in [0.25, 0.3) is 0 Å². The summed E-state index contributed by atoms with van der Waals surface area (Å²) in [5.41, 5.74) is 0.996. The van der Waals surface area contributed by atoms with Gasteiger partial charge in [-0.15, -0.1) is 0 Å². The number of hydrogen-bond donors (Lipinski definition) is 1. The van der Waals surface area contributed by atoms with Crippen molar-refractivity contribution >= 4 is 44.5 Å². The summed E-state index contributed by atoms with van der Waals surface area (Å²) in [6, 6.07) is 7.61. The second kappa shape index (κ2) is 8.84. The Morgan fingerprint density at radius 1 is 1.19 bits per heavy atom. The normalized spacial score (nSPS) is 12.8. The standard InChI is InChI=1S/C23H24BrClN2O5/c1-11-7-9-12(10-8-11)13-14(19(22(30)31-6)32-23(2,3)4)16(25)18-17(15(13)24)26-20(28)21(29)27(18)5/h7-10,19H,1-6H3,(H,26,28). The topological polar surface area (TPSA) is 90.4 Å². The number of benzene rings is 2. The first-order chi connectivity index (χ1) is 14.9. The van der Waals surface area contributed by atoms with Crippen LogP contribution in [0.25, 0.3) is 22.2 Å². The van der Waals surface area contributed by atoms with Crippen molar-refractivity contribution in [2.24, 2.45) is 7.05 Å². The van der Waals surface area contributed by atoms with E-state index < -0.39 is 28.8 Å². The Hall–Kier alpha value is -2.42. The maximum absolute atomic E-state index is 12.9. The van der Waals surface area contributed by atoms with Crippen molar-refractivity contribution in [3.05, 3.63) is 65.6 Å².